The predicted octanol–water partition coefficient (Wildman–Crippen LogP) is 1.29. The third-order valence-electron chi connectivity index (χ3n) is 2.46. The summed E-state index contributed by atoms with van der Waals surface area (Å²) in [4.78, 5) is 22.7. The number of hydrogen-bond acceptors (Lipinski definition) is 3. The summed E-state index contributed by atoms with van der Waals surface area (Å²) >= 11 is 0. The number of carbonyl (C=O) groups is 2. The normalized spacial score (nSPS) is 9.88. The molecule has 0 aromatic heterocycles. The molecular weight excluding hydrogens is 204 g/mol. The number of benzene rings is 1. The lowest BCUT2D eigenvalue weighted by atomic mass is 10.0. The number of hydrogen-bond donors (Lipinski definition) is 2. The molecule has 4 heteroatoms. The van der Waals surface area contributed by atoms with Gasteiger partial charge < -0.3 is 11.1 Å². The standard InChI is InChI=1S/C12H16N2O2/c1-8-3-4-9(7-10(8)13)11(15)5-6-12(16)14-2/h3-4,7H,5-6,13H2,1-2H3,(H,14,16). The van der Waals surface area contributed by atoms with Gasteiger partial charge in [-0.3, -0.25) is 9.59 Å². The molecule has 0 saturated heterocycles. The Labute approximate surface area is 94.8 Å². The highest BCUT2D eigenvalue weighted by Crippen LogP contribution is 2.14. The summed E-state index contributed by atoms with van der Waals surface area (Å²) in [5, 5.41) is 2.48. The molecule has 3 N–H and O–H groups in total. The van der Waals surface area contributed by atoms with Gasteiger partial charge in [-0.2, -0.15) is 0 Å². The summed E-state index contributed by atoms with van der Waals surface area (Å²) < 4.78 is 0. The monoisotopic (exact) mass is 220 g/mol. The number of nitrogen functional groups attached to an aromatic ring is 1. The molecule has 0 heterocycles. The van der Waals surface area contributed by atoms with Gasteiger partial charge in [0.15, 0.2) is 5.78 Å². The minimum atomic E-state index is -0.131. The van der Waals surface area contributed by atoms with E-state index in [2.05, 4.69) is 5.32 Å². The van der Waals surface area contributed by atoms with Crippen molar-refractivity contribution in [3.05, 3.63) is 29.3 Å². The first-order valence-electron chi connectivity index (χ1n) is 5.14. The van der Waals surface area contributed by atoms with Gasteiger partial charge in [0.05, 0.1) is 0 Å². The first-order chi connectivity index (χ1) is 7.54. The van der Waals surface area contributed by atoms with Gasteiger partial charge in [0.2, 0.25) is 5.91 Å². The van der Waals surface area contributed by atoms with Crippen molar-refractivity contribution >= 4 is 17.4 Å². The molecule has 0 aliphatic heterocycles. The fourth-order valence-corrected chi connectivity index (χ4v) is 1.31. The number of Topliss-reactive ketones (excluding diaryl/α,β-unsaturated/α-hetero) is 1. The maximum Gasteiger partial charge on any atom is 0.220 e. The Bertz CT molecular complexity index is 413. The molecule has 0 fully saturated rings. The number of amides is 1. The van der Waals surface area contributed by atoms with E-state index in [4.69, 9.17) is 5.73 Å². The molecule has 1 aromatic carbocycles. The van der Waals surface area contributed by atoms with Crippen molar-refractivity contribution < 1.29 is 9.59 Å². The second-order valence-corrected chi connectivity index (χ2v) is 3.67. The van der Waals surface area contributed by atoms with Crippen molar-refractivity contribution in [3.63, 3.8) is 0 Å². The molecule has 4 nitrogen and oxygen atoms in total. The van der Waals surface area contributed by atoms with Crippen molar-refractivity contribution in [1.82, 2.24) is 5.32 Å². The van der Waals surface area contributed by atoms with Crippen molar-refractivity contribution in [2.45, 2.75) is 19.8 Å². The summed E-state index contributed by atoms with van der Waals surface area (Å²) in [5.74, 6) is -0.191. The van der Waals surface area contributed by atoms with E-state index in [0.717, 1.165) is 5.56 Å². The number of anilines is 1. The number of ketones is 1. The summed E-state index contributed by atoms with van der Waals surface area (Å²) in [5.41, 5.74) is 7.82. The summed E-state index contributed by atoms with van der Waals surface area (Å²) in [6, 6.07) is 5.20. The molecule has 0 unspecified atom stereocenters. The molecule has 0 radical (unpaired) electrons. The molecule has 16 heavy (non-hydrogen) atoms. The highest BCUT2D eigenvalue weighted by Gasteiger charge is 2.09. The van der Waals surface area contributed by atoms with Gasteiger partial charge in [0.1, 0.15) is 0 Å². The third-order valence-corrected chi connectivity index (χ3v) is 2.46. The molecule has 0 spiro atoms. The van der Waals surface area contributed by atoms with Gasteiger partial charge in [0, 0.05) is 31.1 Å². The van der Waals surface area contributed by atoms with Crippen LogP contribution in [0.15, 0.2) is 18.2 Å². The molecule has 86 valence electrons. The molecule has 0 bridgehead atoms. The lowest BCUT2D eigenvalue weighted by molar-refractivity contribution is -0.120. The average molecular weight is 220 g/mol. The fourth-order valence-electron chi connectivity index (χ4n) is 1.31. The molecule has 0 aliphatic rings. The van der Waals surface area contributed by atoms with Crippen LogP contribution in [0.25, 0.3) is 0 Å². The predicted molar refractivity (Wildman–Crippen MR) is 63.2 cm³/mol. The lowest BCUT2D eigenvalue weighted by Crippen LogP contribution is -2.18. The molecule has 0 aliphatic carbocycles. The van der Waals surface area contributed by atoms with Crippen LogP contribution in [0, 0.1) is 6.92 Å². The van der Waals surface area contributed by atoms with Crippen LogP contribution in [0.2, 0.25) is 0 Å². The Balaban J connectivity index is 2.66. The Morgan fingerprint density at radius 2 is 2.00 bits per heavy atom. The number of nitrogens with one attached hydrogen (secondary N) is 1. The number of nitrogens with two attached hydrogens (primary N) is 1. The van der Waals surface area contributed by atoms with Gasteiger partial charge in [-0.25, -0.2) is 0 Å². The highest BCUT2D eigenvalue weighted by atomic mass is 16.2. The van der Waals surface area contributed by atoms with Crippen LogP contribution in [-0.4, -0.2) is 18.7 Å². The van der Waals surface area contributed by atoms with E-state index in [-0.39, 0.29) is 24.5 Å². The molecule has 1 amide bonds. The zero-order valence-corrected chi connectivity index (χ0v) is 9.54. The highest BCUT2D eigenvalue weighted by molar-refractivity contribution is 5.98. The Morgan fingerprint density at radius 1 is 1.31 bits per heavy atom. The Kier molecular flexibility index (Phi) is 4.05. The number of rotatable bonds is 4. The van der Waals surface area contributed by atoms with Crippen LogP contribution < -0.4 is 11.1 Å². The van der Waals surface area contributed by atoms with E-state index in [1.165, 1.54) is 0 Å². The van der Waals surface area contributed by atoms with E-state index in [0.29, 0.717) is 11.3 Å². The second kappa shape index (κ2) is 5.30. The van der Waals surface area contributed by atoms with Gasteiger partial charge in [-0.1, -0.05) is 12.1 Å². The zero-order chi connectivity index (χ0) is 12.1. The minimum Gasteiger partial charge on any atom is -0.398 e. The first-order valence-corrected chi connectivity index (χ1v) is 5.14. The smallest absolute Gasteiger partial charge is 0.220 e. The molecular formula is C12H16N2O2. The largest absolute Gasteiger partial charge is 0.398 e. The second-order valence-electron chi connectivity index (χ2n) is 3.67. The first kappa shape index (κ1) is 12.2. The maximum atomic E-state index is 11.7. The van der Waals surface area contributed by atoms with E-state index in [1.807, 2.05) is 13.0 Å². The van der Waals surface area contributed by atoms with Crippen LogP contribution in [0.1, 0.15) is 28.8 Å². The molecule has 0 atom stereocenters. The summed E-state index contributed by atoms with van der Waals surface area (Å²) in [7, 11) is 1.55. The van der Waals surface area contributed by atoms with Gasteiger partial charge in [0.25, 0.3) is 0 Å². The number of aryl methyl sites for hydroxylation is 1. The van der Waals surface area contributed by atoms with Crippen LogP contribution >= 0.6 is 0 Å². The number of carbonyl (C=O) groups excluding carboxylic acids is 2. The summed E-state index contributed by atoms with van der Waals surface area (Å²) in [6.07, 6.45) is 0.422. The van der Waals surface area contributed by atoms with Crippen molar-refractivity contribution in [1.29, 1.82) is 0 Å². The van der Waals surface area contributed by atoms with Crippen LogP contribution in [0.5, 0.6) is 0 Å². The SMILES string of the molecule is CNC(=O)CCC(=O)c1ccc(C)c(N)c1. The minimum absolute atomic E-state index is 0.0599. The zero-order valence-electron chi connectivity index (χ0n) is 9.54. The van der Waals surface area contributed by atoms with Crippen molar-refractivity contribution in [3.8, 4) is 0 Å². The van der Waals surface area contributed by atoms with Gasteiger partial charge >= 0.3 is 0 Å². The quantitative estimate of drug-likeness (QED) is 0.593. The molecule has 0 saturated carbocycles. The van der Waals surface area contributed by atoms with Crippen molar-refractivity contribution in [2.75, 3.05) is 12.8 Å². The lowest BCUT2D eigenvalue weighted by Gasteiger charge is -2.04. The van der Waals surface area contributed by atoms with Gasteiger partial charge in [-0.15, -0.1) is 0 Å². The topological polar surface area (TPSA) is 72.2 Å². The van der Waals surface area contributed by atoms with E-state index < -0.39 is 0 Å². The van der Waals surface area contributed by atoms with Crippen molar-refractivity contribution in [2.24, 2.45) is 0 Å². The summed E-state index contributed by atoms with van der Waals surface area (Å²) in [6.45, 7) is 1.88. The maximum absolute atomic E-state index is 11.7. The van der Waals surface area contributed by atoms with Crippen LogP contribution in [0.3, 0.4) is 0 Å². The fraction of sp³-hybridized carbons (Fsp3) is 0.333. The van der Waals surface area contributed by atoms with E-state index >= 15 is 0 Å². The Morgan fingerprint density at radius 3 is 2.56 bits per heavy atom. The third kappa shape index (κ3) is 3.08. The van der Waals surface area contributed by atoms with Crippen LogP contribution in [-0.2, 0) is 4.79 Å². The molecule has 1 aromatic rings. The van der Waals surface area contributed by atoms with E-state index in [1.54, 1.807) is 19.2 Å². The Hall–Kier alpha value is -1.84. The average Bonchev–Trinajstić information content (AvgIpc) is 2.29. The molecule has 1 rings (SSSR count). The van der Waals surface area contributed by atoms with Gasteiger partial charge in [-0.05, 0) is 18.6 Å². The van der Waals surface area contributed by atoms with Crippen LogP contribution in [0.4, 0.5) is 5.69 Å². The van der Waals surface area contributed by atoms with E-state index in [9.17, 15) is 9.59 Å².